The number of carboxylic acids is 3. The molecule has 0 radical (unpaired) electrons. The zero-order valence-electron chi connectivity index (χ0n) is 34.0. The Labute approximate surface area is 364 Å². The Morgan fingerprint density at radius 3 is 1.40 bits per heavy atom. The van der Waals surface area contributed by atoms with Crippen LogP contribution in [0.1, 0.15) is 57.8 Å². The van der Waals surface area contributed by atoms with Crippen LogP contribution in [0.2, 0.25) is 0 Å². The highest BCUT2D eigenvalue weighted by Crippen LogP contribution is 2.14. The average molecular weight is 897 g/mol. The molecule has 0 saturated carbocycles. The number of nitrogens with zero attached hydrogens (tertiary/aromatic N) is 6. The van der Waals surface area contributed by atoms with Crippen molar-refractivity contribution in [2.45, 2.75) is 50.9 Å². The smallest absolute Gasteiger partial charge is 0.326 e. The number of ether oxygens (including phenoxy) is 1. The molecule has 0 bridgehead atoms. The molecule has 13 N–H and O–H groups in total. The lowest BCUT2D eigenvalue weighted by Crippen LogP contribution is -2.41. The van der Waals surface area contributed by atoms with Gasteiger partial charge in [-0.2, -0.15) is 9.97 Å². The summed E-state index contributed by atoms with van der Waals surface area (Å²) in [5, 5.41) is 37.9. The number of fused-ring (bicyclic) bond motifs is 2. The molecular weight excluding hydrogens is 857 g/mol. The van der Waals surface area contributed by atoms with E-state index in [1.165, 1.54) is 43.8 Å². The van der Waals surface area contributed by atoms with Gasteiger partial charge in [-0.05, 0) is 61.4 Å². The zero-order valence-corrected chi connectivity index (χ0v) is 34.0. The van der Waals surface area contributed by atoms with E-state index in [-0.39, 0.29) is 84.1 Å². The minimum atomic E-state index is -1.31. The molecule has 26 nitrogen and oxygen atoms in total. The van der Waals surface area contributed by atoms with Gasteiger partial charge in [0.2, 0.25) is 11.9 Å². The number of carbonyl (C=O) groups is 6. The number of aromatic amines is 2. The molecule has 6 rings (SSSR count). The summed E-state index contributed by atoms with van der Waals surface area (Å²) >= 11 is 0. The molecule has 0 aliphatic heterocycles. The van der Waals surface area contributed by atoms with Crippen LogP contribution < -0.4 is 43.9 Å². The summed E-state index contributed by atoms with van der Waals surface area (Å²) in [6.07, 6.45) is 2.07. The summed E-state index contributed by atoms with van der Waals surface area (Å²) in [4.78, 5) is 122. The molecule has 2 aromatic carbocycles. The fourth-order valence-corrected chi connectivity index (χ4v) is 5.61. The maximum absolute atomic E-state index is 12.4. The topological polar surface area (TPSA) is 416 Å². The predicted octanol–water partition coefficient (Wildman–Crippen LogP) is -0.00120. The van der Waals surface area contributed by atoms with Crippen LogP contribution in [0.4, 0.5) is 23.3 Å². The van der Waals surface area contributed by atoms with E-state index in [9.17, 15) is 43.5 Å². The fraction of sp³-hybridized carbons (Fsp3) is 0.231. The Bertz CT molecular complexity index is 2850. The van der Waals surface area contributed by atoms with Crippen LogP contribution in [0, 0.1) is 0 Å². The molecule has 2 unspecified atom stereocenters. The van der Waals surface area contributed by atoms with Crippen molar-refractivity contribution < 1.29 is 48.8 Å². The third-order valence-corrected chi connectivity index (χ3v) is 8.93. The number of hydrogen-bond donors (Lipinski definition) is 11. The molecule has 338 valence electrons. The summed E-state index contributed by atoms with van der Waals surface area (Å²) in [6, 6.07) is 9.92. The third kappa shape index (κ3) is 13.4. The van der Waals surface area contributed by atoms with Crippen molar-refractivity contribution in [2.24, 2.45) is 0 Å². The maximum Gasteiger partial charge on any atom is 0.326 e. The Kier molecular flexibility index (Phi) is 15.6. The van der Waals surface area contributed by atoms with Crippen molar-refractivity contribution in [1.82, 2.24) is 50.5 Å². The molecule has 2 amide bonds. The summed E-state index contributed by atoms with van der Waals surface area (Å²) in [5.74, 6) is -5.61. The van der Waals surface area contributed by atoms with Gasteiger partial charge in [-0.25, -0.2) is 29.5 Å². The normalized spacial score (nSPS) is 11.6. The van der Waals surface area contributed by atoms with Gasteiger partial charge in [0.05, 0.1) is 44.0 Å². The van der Waals surface area contributed by atoms with E-state index in [1.54, 1.807) is 24.3 Å². The van der Waals surface area contributed by atoms with Crippen molar-refractivity contribution in [3.8, 4) is 0 Å². The van der Waals surface area contributed by atoms with E-state index in [1.807, 2.05) is 0 Å². The molecule has 2 atom stereocenters. The SMILES string of the molecule is COC(=O)CCC(NC(=O)c1ccc(NCc2cnc3nc(N)[nH]c(=O)c3n2)cc1)C(=O)O.Nc1nc2ncc(CNc3ccc(C(=O)NC(CCC(=O)O)C(=O)O)cc3)nc2c(=O)[nH]1. The number of H-pyrrole nitrogens is 2. The van der Waals surface area contributed by atoms with Crippen LogP contribution in [-0.4, -0.2) is 110 Å². The van der Waals surface area contributed by atoms with Crippen molar-refractivity contribution in [3.05, 3.63) is 104 Å². The lowest BCUT2D eigenvalue weighted by molar-refractivity contribution is -0.143. The first-order chi connectivity index (χ1) is 31.0. The molecule has 6 aromatic rings. The molecule has 0 spiro atoms. The number of rotatable bonds is 18. The largest absolute Gasteiger partial charge is 0.481 e. The number of anilines is 4. The molecular formula is C39H40N14O12. The van der Waals surface area contributed by atoms with E-state index < -0.39 is 58.9 Å². The highest BCUT2D eigenvalue weighted by atomic mass is 16.5. The van der Waals surface area contributed by atoms with E-state index in [4.69, 9.17) is 21.7 Å². The van der Waals surface area contributed by atoms with Gasteiger partial charge in [0.15, 0.2) is 22.3 Å². The van der Waals surface area contributed by atoms with Gasteiger partial charge in [-0.15, -0.1) is 0 Å². The van der Waals surface area contributed by atoms with E-state index in [0.29, 0.717) is 22.8 Å². The van der Waals surface area contributed by atoms with Gasteiger partial charge in [-0.3, -0.25) is 38.7 Å². The van der Waals surface area contributed by atoms with Gasteiger partial charge in [0.25, 0.3) is 22.9 Å². The Balaban J connectivity index is 0.000000244. The summed E-state index contributed by atoms with van der Waals surface area (Å²) in [6.45, 7) is 0.474. The standard InChI is InChI=1S/C20H21N7O6.C19H19N7O6/c1-33-14(28)7-6-13(19(31)32)25-17(29)10-2-4-11(5-3-10)22-8-12-9-23-16-15(24-12)18(30)27-20(21)26-16;20-19-25-15-14(17(30)26-19)23-11(8-22-15)7-21-10-3-1-9(2-4-10)16(29)24-12(18(31)32)5-6-13(27)28/h2-5,9,13,22H,6-8H2,1H3,(H,25,29)(H,31,32)(H3,21,23,26,27,30);1-4,8,12,21H,5-7H2,(H,24,29)(H,27,28)(H,31,32)(H3,20,22,25,26,30). The average Bonchev–Trinajstić information content (AvgIpc) is 3.27. The summed E-state index contributed by atoms with van der Waals surface area (Å²) in [5.41, 5.74) is 13.0. The predicted molar refractivity (Wildman–Crippen MR) is 228 cm³/mol. The van der Waals surface area contributed by atoms with Crippen LogP contribution in [0.25, 0.3) is 22.3 Å². The number of hydrogen-bond acceptors (Lipinski definition) is 19. The van der Waals surface area contributed by atoms with Gasteiger partial charge < -0.3 is 52.8 Å². The number of nitrogens with two attached hydrogens (primary N) is 2. The van der Waals surface area contributed by atoms with Crippen LogP contribution in [-0.2, 0) is 37.0 Å². The molecule has 0 fully saturated rings. The first-order valence-electron chi connectivity index (χ1n) is 19.1. The van der Waals surface area contributed by atoms with Crippen LogP contribution in [0.5, 0.6) is 0 Å². The highest BCUT2D eigenvalue weighted by Gasteiger charge is 2.23. The number of methoxy groups -OCH3 is 1. The van der Waals surface area contributed by atoms with Gasteiger partial charge in [-0.1, -0.05) is 0 Å². The van der Waals surface area contributed by atoms with Crippen molar-refractivity contribution in [3.63, 3.8) is 0 Å². The quantitative estimate of drug-likeness (QED) is 0.0506. The highest BCUT2D eigenvalue weighted by molar-refractivity contribution is 5.97. The van der Waals surface area contributed by atoms with Crippen molar-refractivity contribution in [1.29, 1.82) is 0 Å². The second kappa shape index (κ2) is 21.6. The molecule has 4 aromatic heterocycles. The number of aliphatic carboxylic acids is 3. The molecule has 65 heavy (non-hydrogen) atoms. The summed E-state index contributed by atoms with van der Waals surface area (Å²) < 4.78 is 4.48. The van der Waals surface area contributed by atoms with Crippen LogP contribution >= 0.6 is 0 Å². The molecule has 0 saturated heterocycles. The molecule has 0 aliphatic carbocycles. The number of nitrogens with one attached hydrogen (secondary N) is 6. The Morgan fingerprint density at radius 1 is 0.631 bits per heavy atom. The second-order valence-electron chi connectivity index (χ2n) is 13.6. The monoisotopic (exact) mass is 896 g/mol. The number of carbonyl (C=O) groups excluding carboxylic acids is 3. The van der Waals surface area contributed by atoms with Gasteiger partial charge in [0.1, 0.15) is 12.1 Å². The minimum absolute atomic E-state index is 0.0464. The number of esters is 1. The lowest BCUT2D eigenvalue weighted by Gasteiger charge is -2.14. The van der Waals surface area contributed by atoms with E-state index in [2.05, 4.69) is 65.9 Å². The first kappa shape index (κ1) is 47.0. The minimum Gasteiger partial charge on any atom is -0.481 e. The molecule has 26 heteroatoms. The van der Waals surface area contributed by atoms with Gasteiger partial charge in [0, 0.05) is 35.3 Å². The molecule has 4 heterocycles. The van der Waals surface area contributed by atoms with Crippen LogP contribution in [0.3, 0.4) is 0 Å². The third-order valence-electron chi connectivity index (χ3n) is 8.93. The number of amides is 2. The number of nitrogen functional groups attached to an aromatic ring is 2. The number of aromatic nitrogens is 8. The van der Waals surface area contributed by atoms with Crippen molar-refractivity contribution >= 4 is 81.3 Å². The second-order valence-corrected chi connectivity index (χ2v) is 13.6. The number of carboxylic acid groups (broad SMARTS) is 3. The first-order valence-corrected chi connectivity index (χ1v) is 19.1. The van der Waals surface area contributed by atoms with E-state index in [0.717, 1.165) is 0 Å². The fourth-order valence-electron chi connectivity index (χ4n) is 5.61. The van der Waals surface area contributed by atoms with Gasteiger partial charge >= 0.3 is 23.9 Å². The Morgan fingerprint density at radius 2 is 1.03 bits per heavy atom. The Hall–Kier alpha value is -9.10. The lowest BCUT2D eigenvalue weighted by atomic mass is 10.1. The maximum atomic E-state index is 12.4. The zero-order chi connectivity index (χ0) is 47.2. The summed E-state index contributed by atoms with van der Waals surface area (Å²) in [7, 11) is 1.20. The van der Waals surface area contributed by atoms with Crippen molar-refractivity contribution in [2.75, 3.05) is 29.2 Å². The molecule has 0 aliphatic rings. The number of benzene rings is 2. The van der Waals surface area contributed by atoms with Crippen LogP contribution in [0.15, 0.2) is 70.5 Å². The van der Waals surface area contributed by atoms with E-state index >= 15 is 0 Å².